The molecule has 0 spiro atoms. The molecule has 0 aliphatic rings. The van der Waals surface area contributed by atoms with Crippen LogP contribution < -0.4 is 0 Å². The van der Waals surface area contributed by atoms with E-state index >= 15 is 0 Å². The number of ether oxygens (including phenoxy) is 2. The van der Waals surface area contributed by atoms with Crippen LogP contribution in [0.1, 0.15) is 194 Å². The van der Waals surface area contributed by atoms with Gasteiger partial charge in [0.1, 0.15) is 0 Å². The van der Waals surface area contributed by atoms with E-state index in [-0.39, 0.29) is 11.9 Å². The van der Waals surface area contributed by atoms with E-state index in [2.05, 4.69) is 35.5 Å². The average Bonchev–Trinajstić information content (AvgIpc) is 2.97. The second-order valence-electron chi connectivity index (χ2n) is 11.5. The minimum absolute atomic E-state index is 0.0666. The van der Waals surface area contributed by atoms with Gasteiger partial charge in [-0.1, -0.05) is 154 Å². The zero-order valence-electron chi connectivity index (χ0n) is 27.6. The van der Waals surface area contributed by atoms with Crippen LogP contribution in [0.15, 0.2) is 12.2 Å². The highest BCUT2D eigenvalue weighted by molar-refractivity contribution is 5.69. The van der Waals surface area contributed by atoms with Crippen molar-refractivity contribution >= 4 is 11.9 Å². The van der Waals surface area contributed by atoms with Crippen molar-refractivity contribution < 1.29 is 19.1 Å². The Kier molecular flexibility index (Phi) is 38.5. The Hall–Kier alpha value is -1.32. The summed E-state index contributed by atoms with van der Waals surface area (Å²) in [4.78, 5) is 21.8. The summed E-state index contributed by atoms with van der Waals surface area (Å²) in [5, 5.41) is 0. The van der Waals surface area contributed by atoms with Crippen molar-refractivity contribution in [2.45, 2.75) is 194 Å². The van der Waals surface area contributed by atoms with Crippen LogP contribution in [0.4, 0.5) is 0 Å². The second kappa shape index (κ2) is 37.7. The Morgan fingerprint density at radius 1 is 0.400 bits per heavy atom. The number of unbranched alkanes of at least 4 members (excludes halogenated alkanes) is 23. The van der Waals surface area contributed by atoms with Crippen LogP contribution in [-0.2, 0) is 19.1 Å². The fourth-order valence-electron chi connectivity index (χ4n) is 4.83. The molecule has 0 aromatic carbocycles. The molecule has 238 valence electrons. The zero-order chi connectivity index (χ0) is 29.8. The molecular formula is C36H70O4. The maximum atomic E-state index is 10.9. The highest BCUT2D eigenvalue weighted by atomic mass is 16.5. The topological polar surface area (TPSA) is 52.6 Å². The van der Waals surface area contributed by atoms with Gasteiger partial charge in [-0.2, -0.15) is 0 Å². The third-order valence-electron chi connectivity index (χ3n) is 7.58. The lowest BCUT2D eigenvalue weighted by Gasteiger charge is -2.03. The minimum Gasteiger partial charge on any atom is -0.469 e. The number of esters is 2. The van der Waals surface area contributed by atoms with Crippen molar-refractivity contribution in [3.63, 3.8) is 0 Å². The van der Waals surface area contributed by atoms with E-state index in [0.717, 1.165) is 19.3 Å². The van der Waals surface area contributed by atoms with Gasteiger partial charge in [-0.05, 0) is 38.5 Å². The Morgan fingerprint density at radius 3 is 0.925 bits per heavy atom. The molecule has 0 unspecified atom stereocenters. The molecule has 0 radical (unpaired) electrons. The summed E-state index contributed by atoms with van der Waals surface area (Å²) >= 11 is 0. The first-order valence-electron chi connectivity index (χ1n) is 17.4. The largest absolute Gasteiger partial charge is 0.469 e. The van der Waals surface area contributed by atoms with Crippen LogP contribution >= 0.6 is 0 Å². The Bertz CT molecular complexity index is 529. The van der Waals surface area contributed by atoms with Gasteiger partial charge in [0, 0.05) is 12.8 Å². The SMILES string of the molecule is CCCCCCCC/C=C\CCCCCCCC(=O)OC.CCCCCCCCCCCCCCCC(=O)OC. The molecule has 0 saturated carbocycles. The summed E-state index contributed by atoms with van der Waals surface area (Å²) in [6.45, 7) is 4.53. The Labute approximate surface area is 250 Å². The lowest BCUT2D eigenvalue weighted by atomic mass is 10.0. The van der Waals surface area contributed by atoms with E-state index in [4.69, 9.17) is 0 Å². The number of allylic oxidation sites excluding steroid dienone is 2. The predicted molar refractivity (Wildman–Crippen MR) is 174 cm³/mol. The van der Waals surface area contributed by atoms with Crippen LogP contribution in [-0.4, -0.2) is 26.2 Å². The molecular weight excluding hydrogens is 496 g/mol. The molecule has 0 bridgehead atoms. The second-order valence-corrected chi connectivity index (χ2v) is 11.5. The van der Waals surface area contributed by atoms with Gasteiger partial charge in [0.2, 0.25) is 0 Å². The molecule has 0 fully saturated rings. The Morgan fingerprint density at radius 2 is 0.650 bits per heavy atom. The van der Waals surface area contributed by atoms with Crippen LogP contribution in [0, 0.1) is 0 Å². The normalized spacial score (nSPS) is 10.9. The van der Waals surface area contributed by atoms with Crippen LogP contribution in [0.2, 0.25) is 0 Å². The van der Waals surface area contributed by atoms with Crippen molar-refractivity contribution in [1.82, 2.24) is 0 Å². The third kappa shape index (κ3) is 38.8. The first kappa shape index (κ1) is 40.8. The first-order valence-corrected chi connectivity index (χ1v) is 17.4. The minimum atomic E-state index is -0.0763. The van der Waals surface area contributed by atoms with Gasteiger partial charge in [-0.15, -0.1) is 0 Å². The lowest BCUT2D eigenvalue weighted by Crippen LogP contribution is -1.99. The van der Waals surface area contributed by atoms with Crippen molar-refractivity contribution in [2.75, 3.05) is 14.2 Å². The molecule has 0 amide bonds. The molecule has 0 N–H and O–H groups in total. The van der Waals surface area contributed by atoms with E-state index in [1.807, 2.05) is 0 Å². The molecule has 0 aromatic rings. The van der Waals surface area contributed by atoms with Gasteiger partial charge < -0.3 is 9.47 Å². The Balaban J connectivity index is 0. The highest BCUT2D eigenvalue weighted by Gasteiger charge is 2.00. The molecule has 0 rings (SSSR count). The van der Waals surface area contributed by atoms with Crippen molar-refractivity contribution in [1.29, 1.82) is 0 Å². The molecule has 0 saturated heterocycles. The van der Waals surface area contributed by atoms with Gasteiger partial charge in [0.15, 0.2) is 0 Å². The zero-order valence-corrected chi connectivity index (χ0v) is 27.6. The van der Waals surface area contributed by atoms with E-state index in [0.29, 0.717) is 12.8 Å². The number of methoxy groups -OCH3 is 2. The van der Waals surface area contributed by atoms with Crippen molar-refractivity contribution in [3.05, 3.63) is 12.2 Å². The smallest absolute Gasteiger partial charge is 0.305 e. The quantitative estimate of drug-likeness (QED) is 0.0513. The van der Waals surface area contributed by atoms with Gasteiger partial charge >= 0.3 is 11.9 Å². The molecule has 0 aromatic heterocycles. The number of carbonyl (C=O) groups excluding carboxylic acids is 2. The average molecular weight is 567 g/mol. The van der Waals surface area contributed by atoms with E-state index in [1.54, 1.807) is 0 Å². The van der Waals surface area contributed by atoms with Crippen LogP contribution in [0.25, 0.3) is 0 Å². The summed E-state index contributed by atoms with van der Waals surface area (Å²) in [7, 11) is 2.92. The fraction of sp³-hybridized carbons (Fsp3) is 0.889. The number of hydrogen-bond donors (Lipinski definition) is 0. The van der Waals surface area contributed by atoms with E-state index in [9.17, 15) is 9.59 Å². The molecule has 0 aliphatic carbocycles. The maximum Gasteiger partial charge on any atom is 0.305 e. The van der Waals surface area contributed by atoms with E-state index in [1.165, 1.54) is 162 Å². The summed E-state index contributed by atoms with van der Waals surface area (Å²) < 4.78 is 9.24. The van der Waals surface area contributed by atoms with Gasteiger partial charge in [0.05, 0.1) is 14.2 Å². The molecule has 4 nitrogen and oxygen atoms in total. The van der Waals surface area contributed by atoms with Crippen LogP contribution in [0.3, 0.4) is 0 Å². The predicted octanol–water partition coefficient (Wildman–Crippen LogP) is 11.8. The third-order valence-corrected chi connectivity index (χ3v) is 7.58. The van der Waals surface area contributed by atoms with Crippen molar-refractivity contribution in [2.24, 2.45) is 0 Å². The van der Waals surface area contributed by atoms with E-state index < -0.39 is 0 Å². The monoisotopic (exact) mass is 567 g/mol. The summed E-state index contributed by atoms with van der Waals surface area (Å²) in [5.41, 5.74) is 0. The summed E-state index contributed by atoms with van der Waals surface area (Å²) in [6.07, 6.45) is 40.0. The molecule has 0 atom stereocenters. The van der Waals surface area contributed by atoms with Gasteiger partial charge in [-0.25, -0.2) is 0 Å². The number of rotatable bonds is 29. The molecule has 0 aliphatic heterocycles. The van der Waals surface area contributed by atoms with Gasteiger partial charge in [0.25, 0.3) is 0 Å². The van der Waals surface area contributed by atoms with Gasteiger partial charge in [-0.3, -0.25) is 9.59 Å². The van der Waals surface area contributed by atoms with Crippen LogP contribution in [0.5, 0.6) is 0 Å². The fourth-order valence-corrected chi connectivity index (χ4v) is 4.83. The number of hydrogen-bond acceptors (Lipinski definition) is 4. The summed E-state index contributed by atoms with van der Waals surface area (Å²) in [6, 6.07) is 0. The standard InChI is InChI=1S/C19H36O2.C17H34O2/c1-3-4-5-6-7-8-9-10-11-12-13-14-15-16-17-18-19(20)21-2;1-3-4-5-6-7-8-9-10-11-12-13-14-15-16-17(18)19-2/h10-11H,3-9,12-18H2,1-2H3;3-16H2,1-2H3/b11-10-;. The lowest BCUT2D eigenvalue weighted by molar-refractivity contribution is -0.141. The maximum absolute atomic E-state index is 10.9. The number of carbonyl (C=O) groups is 2. The molecule has 40 heavy (non-hydrogen) atoms. The molecule has 4 heteroatoms. The molecule has 0 heterocycles. The van der Waals surface area contributed by atoms with Crippen molar-refractivity contribution in [3.8, 4) is 0 Å². The highest BCUT2D eigenvalue weighted by Crippen LogP contribution is 2.13. The summed E-state index contributed by atoms with van der Waals surface area (Å²) in [5.74, 6) is -0.143. The first-order chi connectivity index (χ1) is 19.6.